The lowest BCUT2D eigenvalue weighted by Gasteiger charge is -2.12. The maximum Gasteiger partial charge on any atom is 0.129 e. The van der Waals surface area contributed by atoms with Crippen molar-refractivity contribution in [2.45, 2.75) is 26.4 Å². The molecule has 0 saturated carbocycles. The lowest BCUT2D eigenvalue weighted by Crippen LogP contribution is -2.02. The summed E-state index contributed by atoms with van der Waals surface area (Å²) in [4.78, 5) is 3.98. The second kappa shape index (κ2) is 5.51. The monoisotopic (exact) mass is 261 g/mol. The van der Waals surface area contributed by atoms with Crippen molar-refractivity contribution in [1.29, 1.82) is 0 Å². The predicted molar refractivity (Wildman–Crippen MR) is 73.8 cm³/mol. The smallest absolute Gasteiger partial charge is 0.129 e. The Morgan fingerprint density at radius 3 is 2.39 bits per heavy atom. The number of hydrogen-bond acceptors (Lipinski definition) is 2. The summed E-state index contributed by atoms with van der Waals surface area (Å²) in [6.07, 6.45) is 1.66. The zero-order valence-electron chi connectivity index (χ0n) is 10.5. The minimum Gasteiger partial charge on any atom is -0.388 e. The van der Waals surface area contributed by atoms with Gasteiger partial charge in [0.1, 0.15) is 5.15 Å². The summed E-state index contributed by atoms with van der Waals surface area (Å²) in [6.45, 7) is 4.12. The largest absolute Gasteiger partial charge is 0.388 e. The van der Waals surface area contributed by atoms with Crippen LogP contribution in [0.1, 0.15) is 28.4 Å². The zero-order chi connectivity index (χ0) is 13.1. The summed E-state index contributed by atoms with van der Waals surface area (Å²) >= 11 is 5.73. The van der Waals surface area contributed by atoms with Gasteiger partial charge in [0.2, 0.25) is 0 Å². The molecule has 0 saturated heterocycles. The quantitative estimate of drug-likeness (QED) is 0.856. The average Bonchev–Trinajstić information content (AvgIpc) is 2.28. The predicted octanol–water partition coefficient (Wildman–Crippen LogP) is 3.63. The summed E-state index contributed by atoms with van der Waals surface area (Å²) < 4.78 is 0. The fourth-order valence-electron chi connectivity index (χ4n) is 2.11. The molecule has 1 aromatic carbocycles. The summed E-state index contributed by atoms with van der Waals surface area (Å²) in [7, 11) is 0. The third-order valence-electron chi connectivity index (χ3n) is 2.85. The maximum atomic E-state index is 10.2. The van der Waals surface area contributed by atoms with Crippen molar-refractivity contribution in [3.63, 3.8) is 0 Å². The molecule has 1 atom stereocenters. The number of aliphatic hydroxyl groups excluding tert-OH is 1. The number of halogens is 1. The van der Waals surface area contributed by atoms with Crippen LogP contribution in [0.25, 0.3) is 0 Å². The molecule has 0 fully saturated rings. The lowest BCUT2D eigenvalue weighted by atomic mass is 9.99. The normalized spacial score (nSPS) is 12.4. The van der Waals surface area contributed by atoms with Crippen LogP contribution in [0.3, 0.4) is 0 Å². The Balaban J connectivity index is 2.15. The number of benzene rings is 1. The van der Waals surface area contributed by atoms with E-state index in [0.717, 1.165) is 11.1 Å². The fraction of sp³-hybridized carbons (Fsp3) is 0.267. The lowest BCUT2D eigenvalue weighted by molar-refractivity contribution is 0.178. The highest BCUT2D eigenvalue weighted by Gasteiger charge is 2.09. The van der Waals surface area contributed by atoms with Crippen molar-refractivity contribution in [1.82, 2.24) is 4.98 Å². The molecule has 0 aliphatic rings. The van der Waals surface area contributed by atoms with Gasteiger partial charge < -0.3 is 5.11 Å². The Morgan fingerprint density at radius 1 is 1.17 bits per heavy atom. The van der Waals surface area contributed by atoms with E-state index in [9.17, 15) is 5.11 Å². The van der Waals surface area contributed by atoms with Gasteiger partial charge in [-0.15, -0.1) is 0 Å². The second-order valence-corrected chi connectivity index (χ2v) is 5.02. The first-order valence-corrected chi connectivity index (χ1v) is 6.29. The topological polar surface area (TPSA) is 33.1 Å². The number of aromatic nitrogens is 1. The van der Waals surface area contributed by atoms with Crippen LogP contribution in [0.5, 0.6) is 0 Å². The standard InChI is InChI=1S/C15H16ClNO/c1-10-5-11(2)7-12(6-10)8-14(18)13-3-4-15(16)17-9-13/h3-7,9,14,18H,8H2,1-2H3. The Morgan fingerprint density at radius 2 is 1.83 bits per heavy atom. The van der Waals surface area contributed by atoms with Crippen molar-refractivity contribution >= 4 is 11.6 Å². The molecule has 0 radical (unpaired) electrons. The molecule has 3 heteroatoms. The van der Waals surface area contributed by atoms with Gasteiger partial charge in [-0.05, 0) is 31.0 Å². The van der Waals surface area contributed by atoms with E-state index >= 15 is 0 Å². The molecule has 94 valence electrons. The molecule has 0 bridgehead atoms. The number of aryl methyl sites for hydroxylation is 2. The Kier molecular flexibility index (Phi) is 4.00. The second-order valence-electron chi connectivity index (χ2n) is 4.63. The highest BCUT2D eigenvalue weighted by atomic mass is 35.5. The van der Waals surface area contributed by atoms with Crippen LogP contribution >= 0.6 is 11.6 Å². The van der Waals surface area contributed by atoms with Crippen LogP contribution in [0, 0.1) is 13.8 Å². The van der Waals surface area contributed by atoms with E-state index in [4.69, 9.17) is 11.6 Å². The van der Waals surface area contributed by atoms with Crippen LogP contribution in [0.4, 0.5) is 0 Å². The third kappa shape index (κ3) is 3.31. The zero-order valence-corrected chi connectivity index (χ0v) is 11.3. The van der Waals surface area contributed by atoms with Gasteiger partial charge in [0, 0.05) is 12.6 Å². The van der Waals surface area contributed by atoms with E-state index in [2.05, 4.69) is 37.0 Å². The van der Waals surface area contributed by atoms with Gasteiger partial charge in [0.05, 0.1) is 6.10 Å². The van der Waals surface area contributed by atoms with Gasteiger partial charge in [-0.2, -0.15) is 0 Å². The van der Waals surface area contributed by atoms with Crippen LogP contribution in [0.2, 0.25) is 5.15 Å². The van der Waals surface area contributed by atoms with Gasteiger partial charge in [0.25, 0.3) is 0 Å². The first-order chi connectivity index (χ1) is 8.54. The van der Waals surface area contributed by atoms with Crippen molar-refractivity contribution < 1.29 is 5.11 Å². The van der Waals surface area contributed by atoms with Crippen LogP contribution < -0.4 is 0 Å². The van der Waals surface area contributed by atoms with Crippen molar-refractivity contribution in [2.24, 2.45) is 0 Å². The minimum absolute atomic E-state index is 0.442. The molecule has 18 heavy (non-hydrogen) atoms. The fourth-order valence-corrected chi connectivity index (χ4v) is 2.22. The molecule has 0 amide bonds. The molecule has 1 N–H and O–H groups in total. The molecular weight excluding hydrogens is 246 g/mol. The summed E-state index contributed by atoms with van der Waals surface area (Å²) in [5.74, 6) is 0. The molecule has 1 unspecified atom stereocenters. The van der Waals surface area contributed by atoms with Gasteiger partial charge >= 0.3 is 0 Å². The van der Waals surface area contributed by atoms with Gasteiger partial charge in [-0.1, -0.05) is 47.0 Å². The van der Waals surface area contributed by atoms with Crippen LogP contribution in [-0.2, 0) is 6.42 Å². The molecule has 2 nitrogen and oxygen atoms in total. The van der Waals surface area contributed by atoms with E-state index < -0.39 is 6.10 Å². The molecule has 1 aromatic heterocycles. The van der Waals surface area contributed by atoms with Gasteiger partial charge in [-0.3, -0.25) is 0 Å². The van der Waals surface area contributed by atoms with Crippen molar-refractivity contribution in [2.75, 3.05) is 0 Å². The van der Waals surface area contributed by atoms with E-state index in [1.165, 1.54) is 11.1 Å². The molecule has 2 rings (SSSR count). The Labute approximate surface area is 112 Å². The summed E-state index contributed by atoms with van der Waals surface area (Å²) in [5.41, 5.74) is 4.35. The van der Waals surface area contributed by atoms with E-state index in [-0.39, 0.29) is 0 Å². The van der Waals surface area contributed by atoms with Gasteiger partial charge in [0.15, 0.2) is 0 Å². The van der Waals surface area contributed by atoms with E-state index in [1.807, 2.05) is 6.07 Å². The third-order valence-corrected chi connectivity index (χ3v) is 3.07. The van der Waals surface area contributed by atoms with Crippen LogP contribution in [0.15, 0.2) is 36.5 Å². The number of nitrogens with zero attached hydrogens (tertiary/aromatic N) is 1. The van der Waals surface area contributed by atoms with E-state index in [1.54, 1.807) is 12.3 Å². The Bertz CT molecular complexity index is 516. The SMILES string of the molecule is Cc1cc(C)cc(CC(O)c2ccc(Cl)nc2)c1. The molecule has 0 spiro atoms. The van der Waals surface area contributed by atoms with Crippen LogP contribution in [-0.4, -0.2) is 10.1 Å². The Hall–Kier alpha value is -1.38. The van der Waals surface area contributed by atoms with Crippen molar-refractivity contribution in [3.05, 3.63) is 63.9 Å². The average molecular weight is 262 g/mol. The van der Waals surface area contributed by atoms with Crippen molar-refractivity contribution in [3.8, 4) is 0 Å². The molecule has 1 heterocycles. The number of pyridine rings is 1. The molecule has 2 aromatic rings. The number of rotatable bonds is 3. The molecular formula is C15H16ClNO. The highest BCUT2D eigenvalue weighted by Crippen LogP contribution is 2.20. The number of hydrogen-bond donors (Lipinski definition) is 1. The van der Waals surface area contributed by atoms with Gasteiger partial charge in [-0.25, -0.2) is 4.98 Å². The first kappa shape index (κ1) is 13.1. The first-order valence-electron chi connectivity index (χ1n) is 5.91. The summed E-state index contributed by atoms with van der Waals surface area (Å²) in [6, 6.07) is 9.82. The minimum atomic E-state index is -0.545. The molecule has 0 aliphatic carbocycles. The molecule has 0 aliphatic heterocycles. The highest BCUT2D eigenvalue weighted by molar-refractivity contribution is 6.29. The maximum absolute atomic E-state index is 10.2. The number of aliphatic hydroxyl groups is 1. The van der Waals surface area contributed by atoms with E-state index in [0.29, 0.717) is 11.6 Å². The summed E-state index contributed by atoms with van der Waals surface area (Å²) in [5, 5.41) is 10.6.